The molecule has 4 nitrogen and oxygen atoms in total. The molecule has 1 aromatic heterocycles. The van der Waals surface area contributed by atoms with Gasteiger partial charge in [-0.1, -0.05) is 48.5 Å². The van der Waals surface area contributed by atoms with E-state index >= 15 is 0 Å². The van der Waals surface area contributed by atoms with Crippen LogP contribution in [-0.2, 0) is 12.7 Å². The number of benzene rings is 3. The molecule has 1 N–H and O–H groups in total. The van der Waals surface area contributed by atoms with Crippen LogP contribution in [0.3, 0.4) is 0 Å². The van der Waals surface area contributed by atoms with Gasteiger partial charge in [0.2, 0.25) is 5.82 Å². The van der Waals surface area contributed by atoms with Crippen LogP contribution in [0.15, 0.2) is 66.7 Å². The fourth-order valence-electron chi connectivity index (χ4n) is 3.25. The Hall–Kier alpha value is -3.06. The second-order valence-electron chi connectivity index (χ2n) is 6.47. The molecule has 0 bridgehead atoms. The number of halogens is 3. The molecule has 0 aliphatic rings. The molecule has 0 saturated carbocycles. The minimum absolute atomic E-state index is 0.141. The maximum atomic E-state index is 13.4. The van der Waals surface area contributed by atoms with Gasteiger partial charge in [-0.05, 0) is 23.6 Å². The number of hydrogen-bond donors (Lipinski definition) is 1. The van der Waals surface area contributed by atoms with E-state index < -0.39 is 18.1 Å². The number of hydrogen-bond acceptors (Lipinski definition) is 3. The van der Waals surface area contributed by atoms with E-state index in [9.17, 15) is 18.3 Å². The Morgan fingerprint density at radius 2 is 1.68 bits per heavy atom. The molecule has 0 amide bonds. The summed E-state index contributed by atoms with van der Waals surface area (Å²) in [5.41, 5.74) is 0.552. The van der Waals surface area contributed by atoms with E-state index in [1.165, 1.54) is 6.07 Å². The van der Waals surface area contributed by atoms with Crippen LogP contribution in [-0.4, -0.2) is 27.4 Å². The summed E-state index contributed by atoms with van der Waals surface area (Å²) in [6, 6.07) is 19.5. The third kappa shape index (κ3) is 3.53. The molecule has 0 spiro atoms. The average molecular weight is 386 g/mol. The fraction of sp³-hybridized carbons (Fsp3) is 0.190. The summed E-state index contributed by atoms with van der Waals surface area (Å²) in [6.07, 6.45) is -5.76. The predicted molar refractivity (Wildman–Crippen MR) is 100 cm³/mol. The zero-order chi connectivity index (χ0) is 19.7. The van der Waals surface area contributed by atoms with Gasteiger partial charge in [0.15, 0.2) is 0 Å². The van der Waals surface area contributed by atoms with Gasteiger partial charge >= 0.3 is 6.18 Å². The zero-order valence-corrected chi connectivity index (χ0v) is 14.7. The molecule has 0 fully saturated rings. The maximum absolute atomic E-state index is 13.4. The van der Waals surface area contributed by atoms with E-state index in [-0.39, 0.29) is 18.7 Å². The van der Waals surface area contributed by atoms with E-state index in [4.69, 9.17) is 4.74 Å². The molecule has 144 valence electrons. The number of aliphatic hydroxyl groups excluding tert-OH is 1. The number of rotatable bonds is 5. The van der Waals surface area contributed by atoms with Gasteiger partial charge in [0.1, 0.15) is 18.5 Å². The quantitative estimate of drug-likeness (QED) is 0.543. The summed E-state index contributed by atoms with van der Waals surface area (Å²) < 4.78 is 46.8. The van der Waals surface area contributed by atoms with Crippen molar-refractivity contribution in [3.05, 3.63) is 72.6 Å². The summed E-state index contributed by atoms with van der Waals surface area (Å²) >= 11 is 0. The first-order chi connectivity index (χ1) is 13.4. The van der Waals surface area contributed by atoms with Gasteiger partial charge in [-0.15, -0.1) is 0 Å². The van der Waals surface area contributed by atoms with Crippen LogP contribution >= 0.6 is 0 Å². The minimum Gasteiger partial charge on any atom is -0.490 e. The normalized spacial score (nSPS) is 13.1. The van der Waals surface area contributed by atoms with Crippen LogP contribution < -0.4 is 4.74 Å². The van der Waals surface area contributed by atoms with Gasteiger partial charge in [0.25, 0.3) is 0 Å². The smallest absolute Gasteiger partial charge is 0.449 e. The monoisotopic (exact) mass is 386 g/mol. The Labute approximate surface area is 158 Å². The predicted octanol–water partition coefficient (Wildman–Crippen LogP) is 4.65. The average Bonchev–Trinajstić information content (AvgIpc) is 3.05. The Balaban J connectivity index is 1.56. The molecule has 28 heavy (non-hydrogen) atoms. The van der Waals surface area contributed by atoms with Crippen molar-refractivity contribution in [1.29, 1.82) is 0 Å². The molecule has 3 aromatic carbocycles. The summed E-state index contributed by atoms with van der Waals surface area (Å²) in [6.45, 7) is -0.419. The molecular weight excluding hydrogens is 369 g/mol. The number of para-hydroxylation sites is 2. The van der Waals surface area contributed by atoms with Gasteiger partial charge in [-0.2, -0.15) is 13.2 Å². The van der Waals surface area contributed by atoms with Crippen LogP contribution in [0.25, 0.3) is 21.8 Å². The molecule has 7 heteroatoms. The lowest BCUT2D eigenvalue weighted by atomic mass is 10.1. The third-order valence-corrected chi connectivity index (χ3v) is 4.48. The Kier molecular flexibility index (Phi) is 4.68. The number of aromatic nitrogens is 2. The molecule has 0 saturated heterocycles. The van der Waals surface area contributed by atoms with Crippen LogP contribution in [0, 0.1) is 0 Å². The van der Waals surface area contributed by atoms with Crippen LogP contribution in [0.4, 0.5) is 13.2 Å². The highest BCUT2D eigenvalue weighted by molar-refractivity contribution is 5.88. The summed E-state index contributed by atoms with van der Waals surface area (Å²) in [5, 5.41) is 12.2. The van der Waals surface area contributed by atoms with Crippen LogP contribution in [0.2, 0.25) is 0 Å². The Bertz CT molecular complexity index is 1120. The van der Waals surface area contributed by atoms with E-state index in [1.54, 1.807) is 24.3 Å². The maximum Gasteiger partial charge on any atom is 0.449 e. The van der Waals surface area contributed by atoms with Crippen LogP contribution in [0.1, 0.15) is 5.82 Å². The second-order valence-corrected chi connectivity index (χ2v) is 6.47. The van der Waals surface area contributed by atoms with Crippen molar-refractivity contribution in [3.63, 3.8) is 0 Å². The number of imidazole rings is 1. The molecule has 0 aliphatic heterocycles. The van der Waals surface area contributed by atoms with E-state index in [2.05, 4.69) is 4.98 Å². The van der Waals surface area contributed by atoms with Crippen molar-refractivity contribution >= 4 is 21.8 Å². The highest BCUT2D eigenvalue weighted by Crippen LogP contribution is 2.32. The van der Waals surface area contributed by atoms with Crippen molar-refractivity contribution in [3.8, 4) is 5.75 Å². The van der Waals surface area contributed by atoms with Crippen molar-refractivity contribution in [2.45, 2.75) is 18.8 Å². The molecule has 4 rings (SSSR count). The van der Waals surface area contributed by atoms with E-state index in [1.807, 2.05) is 36.4 Å². The van der Waals surface area contributed by atoms with E-state index in [0.29, 0.717) is 11.3 Å². The van der Waals surface area contributed by atoms with Crippen molar-refractivity contribution in [2.75, 3.05) is 6.61 Å². The largest absolute Gasteiger partial charge is 0.490 e. The highest BCUT2D eigenvalue weighted by atomic mass is 19.4. The lowest BCUT2D eigenvalue weighted by Crippen LogP contribution is -2.26. The molecule has 4 aromatic rings. The second kappa shape index (κ2) is 7.16. The number of fused-ring (bicyclic) bond motifs is 2. The highest BCUT2D eigenvalue weighted by Gasteiger charge is 2.37. The van der Waals surface area contributed by atoms with Gasteiger partial charge < -0.3 is 14.4 Å². The molecule has 0 radical (unpaired) electrons. The standard InChI is InChI=1S/C21H17F3N2O2/c22-21(23,24)20-25-17-9-3-4-10-18(17)26(20)12-15(27)13-28-19-11-5-7-14-6-1-2-8-16(14)19/h1-11,15,27H,12-13H2. The van der Waals surface area contributed by atoms with Crippen LogP contribution in [0.5, 0.6) is 5.75 Å². The number of ether oxygens (including phenoxy) is 1. The molecule has 1 heterocycles. The molecule has 1 unspecified atom stereocenters. The lowest BCUT2D eigenvalue weighted by Gasteiger charge is -2.17. The first kappa shape index (κ1) is 18.3. The van der Waals surface area contributed by atoms with Crippen molar-refractivity contribution in [1.82, 2.24) is 9.55 Å². The van der Waals surface area contributed by atoms with Gasteiger partial charge in [-0.25, -0.2) is 4.98 Å². The topological polar surface area (TPSA) is 47.3 Å². The Morgan fingerprint density at radius 3 is 2.50 bits per heavy atom. The van der Waals surface area contributed by atoms with E-state index in [0.717, 1.165) is 15.3 Å². The lowest BCUT2D eigenvalue weighted by molar-refractivity contribution is -0.147. The summed E-state index contributed by atoms with van der Waals surface area (Å²) in [4.78, 5) is 3.68. The summed E-state index contributed by atoms with van der Waals surface area (Å²) in [5.74, 6) is -0.457. The first-order valence-corrected chi connectivity index (χ1v) is 8.74. The number of aliphatic hydroxyl groups is 1. The minimum atomic E-state index is -4.62. The van der Waals surface area contributed by atoms with Gasteiger partial charge in [0.05, 0.1) is 17.6 Å². The molecule has 1 atom stereocenters. The number of nitrogens with zero attached hydrogens (tertiary/aromatic N) is 2. The van der Waals surface area contributed by atoms with Crippen molar-refractivity contribution < 1.29 is 23.0 Å². The van der Waals surface area contributed by atoms with Gasteiger partial charge in [-0.3, -0.25) is 0 Å². The summed E-state index contributed by atoms with van der Waals surface area (Å²) in [7, 11) is 0. The zero-order valence-electron chi connectivity index (χ0n) is 14.7. The Morgan fingerprint density at radius 1 is 0.964 bits per heavy atom. The third-order valence-electron chi connectivity index (χ3n) is 4.48. The number of alkyl halides is 3. The molecular formula is C21H17F3N2O2. The van der Waals surface area contributed by atoms with Crippen molar-refractivity contribution in [2.24, 2.45) is 0 Å². The SMILES string of the molecule is OC(COc1cccc2ccccc12)Cn1c(C(F)(F)F)nc2ccccc21. The first-order valence-electron chi connectivity index (χ1n) is 8.74. The molecule has 0 aliphatic carbocycles. The fourth-order valence-corrected chi connectivity index (χ4v) is 3.25. The van der Waals surface area contributed by atoms with Gasteiger partial charge in [0, 0.05) is 5.39 Å².